The molecule has 13 heteroatoms. The topological polar surface area (TPSA) is 209 Å². The minimum atomic E-state index is -1.45. The normalized spacial score (nSPS) is 11.5. The molecule has 0 saturated carbocycles. The van der Waals surface area contributed by atoms with E-state index >= 15 is 0 Å². The molecule has 1 aromatic heterocycles. The maximum Gasteiger partial charge on any atom is 0.337 e. The summed E-state index contributed by atoms with van der Waals surface area (Å²) in [5.41, 5.74) is 11.9. The first kappa shape index (κ1) is 28.9. The summed E-state index contributed by atoms with van der Waals surface area (Å²) < 4.78 is 16.3. The second-order valence-electron chi connectivity index (χ2n) is 8.51. The van der Waals surface area contributed by atoms with Crippen LogP contribution in [0.3, 0.4) is 0 Å². The molecule has 8 N–H and O–H groups in total. The number of amides is 1. The van der Waals surface area contributed by atoms with E-state index in [1.165, 1.54) is 41.4 Å². The maximum absolute atomic E-state index is 14.8. The van der Waals surface area contributed by atoms with E-state index in [1.54, 1.807) is 19.3 Å². The predicted octanol–water partition coefficient (Wildman–Crippen LogP) is 2.75. The van der Waals surface area contributed by atoms with Crippen molar-refractivity contribution in [1.82, 2.24) is 9.55 Å². The largest absolute Gasteiger partial charge is 0.478 e. The Labute approximate surface area is 228 Å². The molecule has 0 bridgehead atoms. The molecular formula is C27H26FN7O5. The lowest BCUT2D eigenvalue weighted by Gasteiger charge is -2.13. The van der Waals surface area contributed by atoms with Crippen molar-refractivity contribution in [3.63, 3.8) is 0 Å². The van der Waals surface area contributed by atoms with Crippen LogP contribution < -0.4 is 22.1 Å². The van der Waals surface area contributed by atoms with Gasteiger partial charge in [-0.3, -0.25) is 9.36 Å². The zero-order valence-corrected chi connectivity index (χ0v) is 21.3. The van der Waals surface area contributed by atoms with Gasteiger partial charge in [0.05, 0.1) is 34.1 Å². The molecule has 12 nitrogen and oxygen atoms in total. The Kier molecular flexibility index (Phi) is 9.21. The molecule has 0 spiro atoms. The van der Waals surface area contributed by atoms with Gasteiger partial charge in [0.1, 0.15) is 18.0 Å². The molecule has 206 valence electrons. The minimum Gasteiger partial charge on any atom is -0.478 e. The third kappa shape index (κ3) is 6.81. The van der Waals surface area contributed by atoms with E-state index in [0.29, 0.717) is 24.1 Å². The summed E-state index contributed by atoms with van der Waals surface area (Å²) >= 11 is 0. The van der Waals surface area contributed by atoms with Crippen LogP contribution in [0, 0.1) is 17.1 Å². The number of halogens is 1. The lowest BCUT2D eigenvalue weighted by molar-refractivity contribution is -0.112. The lowest BCUT2D eigenvalue weighted by atomic mass is 9.96. The van der Waals surface area contributed by atoms with Gasteiger partial charge in [-0.25, -0.2) is 19.0 Å². The van der Waals surface area contributed by atoms with Crippen LogP contribution in [0.25, 0.3) is 5.82 Å². The number of aromatic carboxylic acids is 2. The number of aromatic nitrogens is 2. The molecular weight excluding hydrogens is 521 g/mol. The van der Waals surface area contributed by atoms with Gasteiger partial charge >= 0.3 is 11.9 Å². The summed E-state index contributed by atoms with van der Waals surface area (Å²) in [4.78, 5) is 39.6. The molecule has 0 aliphatic carbocycles. The van der Waals surface area contributed by atoms with Crippen LogP contribution in [0.5, 0.6) is 0 Å². The average molecular weight is 548 g/mol. The van der Waals surface area contributed by atoms with Crippen molar-refractivity contribution in [3.05, 3.63) is 94.5 Å². The van der Waals surface area contributed by atoms with E-state index in [4.69, 9.17) is 11.5 Å². The second kappa shape index (κ2) is 12.7. The number of nitriles is 1. The zero-order valence-electron chi connectivity index (χ0n) is 21.3. The second-order valence-corrected chi connectivity index (χ2v) is 8.51. The molecule has 1 amide bonds. The summed E-state index contributed by atoms with van der Waals surface area (Å²) in [6, 6.07) is 6.84. The fourth-order valence-corrected chi connectivity index (χ4v) is 3.84. The van der Waals surface area contributed by atoms with Gasteiger partial charge in [-0.15, -0.1) is 0 Å². The van der Waals surface area contributed by atoms with E-state index in [0.717, 1.165) is 6.07 Å². The standard InChI is InChI=1S/C27H26FN7O5/c1-32-22-10-15(17(13-29)9-18(22)26(37)38)3-2-4-16-11-23(19(27(39)40)12-20(16)28)34-25(36)21(30)5-6-24(31)35-8-7-33-14-35/h5-12,14,32H,2-4,30-31H2,1H3,(H,34,36)(H,37,38)(H,39,40)/b21-5-,24-6+. The third-order valence-corrected chi connectivity index (χ3v) is 5.92. The molecule has 0 saturated heterocycles. The number of rotatable bonds is 11. The molecule has 0 unspecified atom stereocenters. The van der Waals surface area contributed by atoms with Crippen LogP contribution in [-0.2, 0) is 17.6 Å². The van der Waals surface area contributed by atoms with Crippen LogP contribution >= 0.6 is 0 Å². The minimum absolute atomic E-state index is 0.0493. The van der Waals surface area contributed by atoms with Gasteiger partial charge in [-0.05, 0) is 66.8 Å². The van der Waals surface area contributed by atoms with Gasteiger partial charge < -0.3 is 32.3 Å². The molecule has 0 aliphatic rings. The number of allylic oxidation sites excluding steroid dienone is 2. The highest BCUT2D eigenvalue weighted by molar-refractivity contribution is 6.07. The number of nitrogens with one attached hydrogen (secondary N) is 2. The van der Waals surface area contributed by atoms with E-state index in [2.05, 4.69) is 15.6 Å². The van der Waals surface area contributed by atoms with Crippen molar-refractivity contribution >= 4 is 35.0 Å². The number of aryl methyl sites for hydroxylation is 2. The summed E-state index contributed by atoms with van der Waals surface area (Å²) in [5.74, 6) is -4.03. The van der Waals surface area contributed by atoms with Crippen LogP contribution in [0.2, 0.25) is 0 Å². The Morgan fingerprint density at radius 2 is 1.70 bits per heavy atom. The number of benzene rings is 2. The molecule has 3 aromatic rings. The van der Waals surface area contributed by atoms with Crippen molar-refractivity contribution in [2.75, 3.05) is 17.7 Å². The van der Waals surface area contributed by atoms with Crippen molar-refractivity contribution in [1.29, 1.82) is 5.26 Å². The number of anilines is 2. The SMILES string of the molecule is CNc1cc(CCCc2cc(NC(=O)/C(N)=C/C=C(\N)n3ccnc3)c(C(=O)O)cc2F)c(C#N)cc1C(=O)O. The first-order valence-electron chi connectivity index (χ1n) is 11.8. The van der Waals surface area contributed by atoms with Crippen molar-refractivity contribution < 1.29 is 29.0 Å². The summed E-state index contributed by atoms with van der Waals surface area (Å²) in [6.45, 7) is 0. The Hall–Kier alpha value is -5.64. The van der Waals surface area contributed by atoms with Gasteiger partial charge in [0, 0.05) is 25.1 Å². The van der Waals surface area contributed by atoms with Gasteiger partial charge in [0.2, 0.25) is 0 Å². The molecule has 1 heterocycles. The fourth-order valence-electron chi connectivity index (χ4n) is 3.84. The molecule has 0 radical (unpaired) electrons. The number of hydrogen-bond acceptors (Lipinski definition) is 8. The summed E-state index contributed by atoms with van der Waals surface area (Å²) in [5, 5.41) is 33.5. The van der Waals surface area contributed by atoms with Crippen LogP contribution in [0.15, 0.2) is 60.8 Å². The quantitative estimate of drug-likeness (QED) is 0.153. The number of carboxylic acid groups (broad SMARTS) is 2. The first-order valence-corrected chi connectivity index (χ1v) is 11.8. The van der Waals surface area contributed by atoms with E-state index in [1.807, 2.05) is 6.07 Å². The molecule has 2 aromatic carbocycles. The Morgan fingerprint density at radius 1 is 1.05 bits per heavy atom. The number of nitrogens with two attached hydrogens (primary N) is 2. The number of imidazole rings is 1. The summed E-state index contributed by atoms with van der Waals surface area (Å²) in [6.07, 6.45) is 7.91. The van der Waals surface area contributed by atoms with E-state index in [-0.39, 0.29) is 40.3 Å². The maximum atomic E-state index is 14.8. The Bertz CT molecular complexity index is 1560. The Balaban J connectivity index is 1.80. The van der Waals surface area contributed by atoms with Crippen molar-refractivity contribution in [3.8, 4) is 6.07 Å². The molecule has 40 heavy (non-hydrogen) atoms. The number of carbonyl (C=O) groups is 3. The van der Waals surface area contributed by atoms with Crippen molar-refractivity contribution in [2.24, 2.45) is 11.5 Å². The first-order chi connectivity index (χ1) is 19.0. The smallest absolute Gasteiger partial charge is 0.337 e. The van der Waals surface area contributed by atoms with Crippen molar-refractivity contribution in [2.45, 2.75) is 19.3 Å². The molecule has 3 rings (SSSR count). The molecule has 0 atom stereocenters. The van der Waals surface area contributed by atoms with Gasteiger partial charge in [-0.1, -0.05) is 0 Å². The number of carbonyl (C=O) groups excluding carboxylic acids is 1. The number of nitrogens with zero attached hydrogens (tertiary/aromatic N) is 3. The molecule has 0 fully saturated rings. The van der Waals surface area contributed by atoms with Gasteiger partial charge in [0.15, 0.2) is 0 Å². The fraction of sp³-hybridized carbons (Fsp3) is 0.148. The summed E-state index contributed by atoms with van der Waals surface area (Å²) in [7, 11) is 1.56. The van der Waals surface area contributed by atoms with E-state index < -0.39 is 29.2 Å². The molecule has 0 aliphatic heterocycles. The van der Waals surface area contributed by atoms with Crippen LogP contribution in [0.4, 0.5) is 15.8 Å². The highest BCUT2D eigenvalue weighted by Crippen LogP contribution is 2.26. The van der Waals surface area contributed by atoms with Gasteiger partial charge in [-0.2, -0.15) is 5.26 Å². The average Bonchev–Trinajstić information content (AvgIpc) is 3.47. The Morgan fingerprint density at radius 3 is 2.30 bits per heavy atom. The zero-order chi connectivity index (χ0) is 29.4. The highest BCUT2D eigenvalue weighted by Gasteiger charge is 2.19. The monoisotopic (exact) mass is 547 g/mol. The predicted molar refractivity (Wildman–Crippen MR) is 145 cm³/mol. The van der Waals surface area contributed by atoms with E-state index in [9.17, 15) is 34.2 Å². The lowest BCUT2D eigenvalue weighted by Crippen LogP contribution is -2.22. The number of hydrogen-bond donors (Lipinski definition) is 6. The van der Waals surface area contributed by atoms with Crippen LogP contribution in [0.1, 0.15) is 43.8 Å². The van der Waals surface area contributed by atoms with Crippen LogP contribution in [-0.4, -0.2) is 44.7 Å². The van der Waals surface area contributed by atoms with Gasteiger partial charge in [0.25, 0.3) is 5.91 Å². The highest BCUT2D eigenvalue weighted by atomic mass is 19.1. The third-order valence-electron chi connectivity index (χ3n) is 5.92. The number of carboxylic acids is 2.